The average Bonchev–Trinajstić information content (AvgIpc) is 3.06. The smallest absolute Gasteiger partial charge is 0.189 e. The maximum Gasteiger partial charge on any atom is 0.189 e. The van der Waals surface area contributed by atoms with Crippen molar-refractivity contribution in [2.24, 2.45) is 0 Å². The minimum absolute atomic E-state index is 0.596. The van der Waals surface area contributed by atoms with Crippen LogP contribution in [0.2, 0.25) is 0 Å². The first-order chi connectivity index (χ1) is 13.2. The molecule has 2 heterocycles. The number of hydrogen-bond donors (Lipinski definition) is 0. The molecule has 0 saturated heterocycles. The summed E-state index contributed by atoms with van der Waals surface area (Å²) in [6, 6.07) is 16.6. The van der Waals surface area contributed by atoms with Crippen molar-refractivity contribution in [1.29, 1.82) is 0 Å². The molecular weight excluding hydrogens is 350 g/mol. The fourth-order valence-electron chi connectivity index (χ4n) is 3.76. The number of thiophene rings is 1. The van der Waals surface area contributed by atoms with Gasteiger partial charge in [-0.1, -0.05) is 24.3 Å². The van der Waals surface area contributed by atoms with Gasteiger partial charge in [0.25, 0.3) is 0 Å². The van der Waals surface area contributed by atoms with E-state index >= 15 is 0 Å². The third-order valence-electron chi connectivity index (χ3n) is 4.95. The van der Waals surface area contributed by atoms with Crippen molar-refractivity contribution in [3.63, 3.8) is 0 Å². The summed E-state index contributed by atoms with van der Waals surface area (Å²) in [4.78, 5) is 12.5. The van der Waals surface area contributed by atoms with Crippen LogP contribution in [0.25, 0.3) is 47.2 Å². The van der Waals surface area contributed by atoms with Gasteiger partial charge in [-0.25, -0.2) is 14.8 Å². The van der Waals surface area contributed by atoms with Crippen LogP contribution < -0.4 is 0 Å². The van der Waals surface area contributed by atoms with Crippen LogP contribution in [0.5, 0.6) is 0 Å². The van der Waals surface area contributed by atoms with Gasteiger partial charge in [0, 0.05) is 31.1 Å². The summed E-state index contributed by atoms with van der Waals surface area (Å²) in [5.74, 6) is 0. The minimum Gasteiger partial charge on any atom is -0.238 e. The van der Waals surface area contributed by atoms with Crippen LogP contribution in [-0.4, -0.2) is 9.97 Å². The molecule has 4 heteroatoms. The van der Waals surface area contributed by atoms with E-state index in [1.54, 1.807) is 6.33 Å². The molecule has 3 aromatic carbocycles. The second-order valence-electron chi connectivity index (χ2n) is 6.77. The van der Waals surface area contributed by atoms with Crippen LogP contribution in [0.4, 0.5) is 5.69 Å². The van der Waals surface area contributed by atoms with Crippen LogP contribution >= 0.6 is 11.3 Å². The van der Waals surface area contributed by atoms with Crippen molar-refractivity contribution in [3.05, 3.63) is 77.4 Å². The molecule has 3 nitrogen and oxygen atoms in total. The highest BCUT2D eigenvalue weighted by atomic mass is 32.1. The fourth-order valence-corrected chi connectivity index (χ4v) is 5.03. The zero-order valence-corrected chi connectivity index (χ0v) is 15.8. The zero-order chi connectivity index (χ0) is 18.5. The van der Waals surface area contributed by atoms with Crippen LogP contribution in [0, 0.1) is 20.4 Å². The van der Waals surface area contributed by atoms with Crippen LogP contribution in [0.3, 0.4) is 0 Å². The van der Waals surface area contributed by atoms with Gasteiger partial charge in [-0.15, -0.1) is 11.3 Å². The van der Waals surface area contributed by atoms with E-state index < -0.39 is 0 Å². The topological polar surface area (TPSA) is 30.1 Å². The lowest BCUT2D eigenvalue weighted by Gasteiger charge is -2.08. The molecule has 0 bridgehead atoms. The molecule has 0 saturated carbocycles. The molecule has 0 radical (unpaired) electrons. The summed E-state index contributed by atoms with van der Waals surface area (Å²) in [5, 5.41) is 3.59. The lowest BCUT2D eigenvalue weighted by Crippen LogP contribution is -1.90. The Balaban J connectivity index is 1.91. The van der Waals surface area contributed by atoms with Crippen LogP contribution in [-0.2, 0) is 0 Å². The van der Waals surface area contributed by atoms with E-state index in [9.17, 15) is 0 Å². The summed E-state index contributed by atoms with van der Waals surface area (Å²) < 4.78 is 2.55. The fraction of sp³-hybridized carbons (Fsp3) is 0.0870. The Labute approximate surface area is 160 Å². The van der Waals surface area contributed by atoms with Crippen molar-refractivity contribution in [2.75, 3.05) is 0 Å². The lowest BCUT2D eigenvalue weighted by molar-refractivity contribution is 1.23. The predicted octanol–water partition coefficient (Wildman–Crippen LogP) is 6.83. The first kappa shape index (κ1) is 15.9. The van der Waals surface area contributed by atoms with E-state index in [4.69, 9.17) is 6.57 Å². The Morgan fingerprint density at radius 3 is 2.70 bits per heavy atom. The normalized spacial score (nSPS) is 11.3. The monoisotopic (exact) mass is 365 g/mol. The highest BCUT2D eigenvalue weighted by Crippen LogP contribution is 2.42. The molecule has 2 aromatic heterocycles. The number of fused-ring (bicyclic) bond motifs is 4. The van der Waals surface area contributed by atoms with Crippen LogP contribution in [0.1, 0.15) is 11.1 Å². The number of nitrogens with zero attached hydrogens (tertiary/aromatic N) is 3. The third kappa shape index (κ3) is 2.40. The van der Waals surface area contributed by atoms with E-state index in [0.717, 1.165) is 22.2 Å². The van der Waals surface area contributed by atoms with Crippen LogP contribution in [0.15, 0.2) is 54.9 Å². The molecule has 5 aromatic rings. The Hall–Kier alpha value is -3.29. The standard InChI is InChI=1S/C23H15N3S/c1-13-9-17-21-14(2)5-4-6-20(21)27-23(17)18(10-13)22-16-8-7-15(24-3)11-19(16)25-12-26-22/h4-12H,1-2H3. The first-order valence-electron chi connectivity index (χ1n) is 8.71. The van der Waals surface area contributed by atoms with E-state index in [1.807, 2.05) is 29.5 Å². The number of benzene rings is 3. The molecule has 0 fully saturated rings. The highest BCUT2D eigenvalue weighted by Gasteiger charge is 2.16. The van der Waals surface area contributed by atoms with Crippen molar-refractivity contribution in [1.82, 2.24) is 9.97 Å². The molecule has 0 N–H and O–H groups in total. The SMILES string of the molecule is [C-]#[N+]c1ccc2c(-c3cc(C)cc4c3sc3cccc(C)c34)ncnc2c1. The summed E-state index contributed by atoms with van der Waals surface area (Å²) >= 11 is 1.81. The van der Waals surface area contributed by atoms with Crippen molar-refractivity contribution >= 4 is 48.1 Å². The largest absolute Gasteiger partial charge is 0.238 e. The van der Waals surface area contributed by atoms with Gasteiger partial charge >= 0.3 is 0 Å². The number of aromatic nitrogens is 2. The van der Waals surface area contributed by atoms with E-state index in [1.165, 1.54) is 31.3 Å². The molecule has 128 valence electrons. The van der Waals surface area contributed by atoms with E-state index in [2.05, 4.69) is 59.0 Å². The van der Waals surface area contributed by atoms with Gasteiger partial charge in [0.1, 0.15) is 6.33 Å². The van der Waals surface area contributed by atoms with Gasteiger partial charge in [-0.2, -0.15) is 0 Å². The maximum absolute atomic E-state index is 7.24. The number of hydrogen-bond acceptors (Lipinski definition) is 3. The maximum atomic E-state index is 7.24. The number of aryl methyl sites for hydroxylation is 2. The lowest BCUT2D eigenvalue weighted by atomic mass is 9.99. The second kappa shape index (κ2) is 5.87. The Morgan fingerprint density at radius 2 is 1.85 bits per heavy atom. The molecule has 27 heavy (non-hydrogen) atoms. The van der Waals surface area contributed by atoms with Gasteiger partial charge < -0.3 is 0 Å². The molecule has 5 rings (SSSR count). The van der Waals surface area contributed by atoms with Crippen molar-refractivity contribution in [3.8, 4) is 11.3 Å². The highest BCUT2D eigenvalue weighted by molar-refractivity contribution is 7.26. The second-order valence-corrected chi connectivity index (χ2v) is 7.83. The quantitative estimate of drug-likeness (QED) is 0.305. The molecule has 0 aliphatic heterocycles. The summed E-state index contributed by atoms with van der Waals surface area (Å²) in [6.07, 6.45) is 1.60. The Morgan fingerprint density at radius 1 is 0.963 bits per heavy atom. The molecule has 0 amide bonds. The molecule has 0 atom stereocenters. The average molecular weight is 365 g/mol. The zero-order valence-electron chi connectivity index (χ0n) is 14.9. The van der Waals surface area contributed by atoms with Gasteiger partial charge in [-0.05, 0) is 49.2 Å². The van der Waals surface area contributed by atoms with E-state index in [-0.39, 0.29) is 0 Å². The van der Waals surface area contributed by atoms with Crippen molar-refractivity contribution < 1.29 is 0 Å². The summed E-state index contributed by atoms with van der Waals surface area (Å²) in [6.45, 7) is 11.5. The van der Waals surface area contributed by atoms with E-state index in [0.29, 0.717) is 5.69 Å². The Kier molecular flexibility index (Phi) is 3.46. The first-order valence-corrected chi connectivity index (χ1v) is 9.52. The molecule has 0 spiro atoms. The summed E-state index contributed by atoms with van der Waals surface area (Å²) in [5.41, 5.74) is 5.97. The van der Waals surface area contributed by atoms with Gasteiger partial charge in [-0.3, -0.25) is 0 Å². The summed E-state index contributed by atoms with van der Waals surface area (Å²) in [7, 11) is 0. The minimum atomic E-state index is 0.596. The van der Waals surface area contributed by atoms with Gasteiger partial charge in [0.2, 0.25) is 0 Å². The predicted molar refractivity (Wildman–Crippen MR) is 114 cm³/mol. The third-order valence-corrected chi connectivity index (χ3v) is 6.16. The number of rotatable bonds is 1. The van der Waals surface area contributed by atoms with Gasteiger partial charge in [0.15, 0.2) is 5.69 Å². The molecule has 0 aliphatic carbocycles. The molecule has 0 unspecified atom stereocenters. The van der Waals surface area contributed by atoms with Gasteiger partial charge in [0.05, 0.1) is 17.8 Å². The molecular formula is C23H15N3S. The van der Waals surface area contributed by atoms with Crippen molar-refractivity contribution in [2.45, 2.75) is 13.8 Å². The molecule has 0 aliphatic rings. The Bertz CT molecular complexity index is 1410.